The Labute approximate surface area is 267 Å². The summed E-state index contributed by atoms with van der Waals surface area (Å²) in [6, 6.07) is 17.3. The van der Waals surface area contributed by atoms with Crippen LogP contribution in [0, 0.1) is 5.92 Å². The highest BCUT2D eigenvalue weighted by Crippen LogP contribution is 2.36. The van der Waals surface area contributed by atoms with Crippen LogP contribution in [0.2, 0.25) is 0 Å². The third kappa shape index (κ3) is 16.4. The van der Waals surface area contributed by atoms with Gasteiger partial charge in [-0.3, -0.25) is 0 Å². The predicted molar refractivity (Wildman–Crippen MR) is 198 cm³/mol. The molecule has 2 aliphatic rings. The molecule has 1 heteroatoms. The van der Waals surface area contributed by atoms with Gasteiger partial charge in [0.05, 0.1) is 0 Å². The molecule has 0 saturated heterocycles. The molecule has 0 spiro atoms. The van der Waals surface area contributed by atoms with Gasteiger partial charge in [0.15, 0.2) is 0 Å². The molecule has 0 aromatic heterocycles. The number of hydrogen-bond donors (Lipinski definition) is 1. The lowest BCUT2D eigenvalue weighted by molar-refractivity contribution is 0.346. The highest BCUT2D eigenvalue weighted by Gasteiger charge is 2.16. The van der Waals surface area contributed by atoms with Crippen molar-refractivity contribution in [3.63, 3.8) is 0 Å². The van der Waals surface area contributed by atoms with Crippen LogP contribution in [-0.4, -0.2) is 0 Å². The summed E-state index contributed by atoms with van der Waals surface area (Å²) < 4.78 is 0. The summed E-state index contributed by atoms with van der Waals surface area (Å²) in [6.07, 6.45) is 19.6. The molecule has 43 heavy (non-hydrogen) atoms. The molecule has 1 nitrogen and oxygen atoms in total. The molecule has 0 radical (unpaired) electrons. The molecular formula is C42H65N. The fraction of sp³-hybridized carbons (Fsp3) is 0.476. The van der Waals surface area contributed by atoms with Gasteiger partial charge in [0, 0.05) is 0 Å². The largest absolute Gasteiger partial charge is 0.405 e. The molecule has 2 aliphatic carbocycles. The Balaban J connectivity index is 0.000000839. The summed E-state index contributed by atoms with van der Waals surface area (Å²) in [4.78, 5) is 0. The molecule has 0 aliphatic heterocycles. The maximum absolute atomic E-state index is 5.46. The molecule has 1 saturated carbocycles. The van der Waals surface area contributed by atoms with Gasteiger partial charge in [0.2, 0.25) is 0 Å². The smallest absolute Gasteiger partial charge is 0.00801 e. The van der Waals surface area contributed by atoms with Crippen molar-refractivity contribution in [1.29, 1.82) is 0 Å². The third-order valence-corrected chi connectivity index (χ3v) is 7.71. The van der Waals surface area contributed by atoms with Crippen molar-refractivity contribution >= 4 is 5.57 Å². The van der Waals surface area contributed by atoms with Gasteiger partial charge in [0.25, 0.3) is 0 Å². The maximum atomic E-state index is 5.46. The molecule has 0 amide bonds. The number of rotatable bonds is 10. The zero-order chi connectivity index (χ0) is 32.6. The molecule has 0 bridgehead atoms. The first-order valence-electron chi connectivity index (χ1n) is 17.1. The minimum absolute atomic E-state index is 0.856. The Morgan fingerprint density at radius 3 is 1.95 bits per heavy atom. The van der Waals surface area contributed by atoms with Crippen molar-refractivity contribution < 1.29 is 0 Å². The van der Waals surface area contributed by atoms with E-state index in [2.05, 4.69) is 109 Å². The van der Waals surface area contributed by atoms with E-state index in [1.807, 2.05) is 33.8 Å². The van der Waals surface area contributed by atoms with Crippen LogP contribution in [0.3, 0.4) is 0 Å². The van der Waals surface area contributed by atoms with Gasteiger partial charge in [-0.05, 0) is 97.5 Å². The average molecular weight is 584 g/mol. The van der Waals surface area contributed by atoms with Gasteiger partial charge in [-0.1, -0.05) is 165 Å². The van der Waals surface area contributed by atoms with E-state index in [-0.39, 0.29) is 0 Å². The van der Waals surface area contributed by atoms with Crippen molar-refractivity contribution in [1.82, 2.24) is 0 Å². The van der Waals surface area contributed by atoms with E-state index in [9.17, 15) is 0 Å². The normalized spacial score (nSPS) is 14.1. The average Bonchev–Trinajstić information content (AvgIpc) is 3.80. The Morgan fingerprint density at radius 1 is 0.884 bits per heavy atom. The minimum Gasteiger partial charge on any atom is -0.405 e. The monoisotopic (exact) mass is 584 g/mol. The van der Waals surface area contributed by atoms with E-state index in [0.29, 0.717) is 0 Å². The molecule has 2 aromatic carbocycles. The molecule has 0 heterocycles. The first kappa shape index (κ1) is 39.9. The lowest BCUT2D eigenvalue weighted by atomic mass is 9.88. The van der Waals surface area contributed by atoms with Crippen molar-refractivity contribution in [3.8, 4) is 11.1 Å². The van der Waals surface area contributed by atoms with Gasteiger partial charge in [0.1, 0.15) is 0 Å². The number of allylic oxidation sites excluding steroid dienone is 8. The van der Waals surface area contributed by atoms with Gasteiger partial charge in [-0.15, -0.1) is 0 Å². The maximum Gasteiger partial charge on any atom is -0.00801 e. The van der Waals surface area contributed by atoms with E-state index in [0.717, 1.165) is 24.3 Å². The van der Waals surface area contributed by atoms with Gasteiger partial charge < -0.3 is 5.73 Å². The van der Waals surface area contributed by atoms with E-state index in [4.69, 9.17) is 5.73 Å². The Hall–Kier alpha value is -3.06. The quantitative estimate of drug-likeness (QED) is 0.218. The Bertz CT molecular complexity index is 1170. The van der Waals surface area contributed by atoms with Crippen LogP contribution in [0.25, 0.3) is 16.7 Å². The molecule has 4 rings (SSSR count). The lowest BCUT2D eigenvalue weighted by Gasteiger charge is -2.18. The summed E-state index contributed by atoms with van der Waals surface area (Å²) in [5, 5.41) is 0. The first-order valence-corrected chi connectivity index (χ1v) is 17.1. The second-order valence-electron chi connectivity index (χ2n) is 11.1. The molecule has 238 valence electrons. The van der Waals surface area contributed by atoms with Crippen LogP contribution in [0.15, 0.2) is 102 Å². The lowest BCUT2D eigenvalue weighted by Crippen LogP contribution is -2.04. The summed E-state index contributed by atoms with van der Waals surface area (Å²) in [5.74, 6) is 1.06. The van der Waals surface area contributed by atoms with Gasteiger partial charge in [-0.25, -0.2) is 0 Å². The summed E-state index contributed by atoms with van der Waals surface area (Å²) in [7, 11) is 0. The summed E-state index contributed by atoms with van der Waals surface area (Å²) in [5.41, 5.74) is 17.6. The van der Waals surface area contributed by atoms with Crippen molar-refractivity contribution in [2.45, 2.75) is 127 Å². The first-order chi connectivity index (χ1) is 20.8. The second kappa shape index (κ2) is 24.4. The zero-order valence-electron chi connectivity index (χ0n) is 29.7. The van der Waals surface area contributed by atoms with Crippen molar-refractivity contribution in [2.24, 2.45) is 11.7 Å². The second-order valence-corrected chi connectivity index (χ2v) is 11.1. The molecule has 0 atom stereocenters. The van der Waals surface area contributed by atoms with E-state index in [1.165, 1.54) is 78.3 Å². The number of hydrogen-bond acceptors (Lipinski definition) is 1. The zero-order valence-corrected chi connectivity index (χ0v) is 29.7. The topological polar surface area (TPSA) is 26.0 Å². The Kier molecular flexibility index (Phi) is 22.7. The predicted octanol–water partition coefficient (Wildman–Crippen LogP) is 13.4. The number of nitrogens with two attached hydrogens (primary N) is 1. The fourth-order valence-corrected chi connectivity index (χ4v) is 4.68. The molecule has 2 N–H and O–H groups in total. The standard InChI is InChI=1S/C25H29N.C8H14.C5H10.2C2H6/c1-5-22(19(2)3)15-14-20(4)23-11-7-13-25(18-23)24-12-6-9-21(17-24)10-8-16-26;1-3-5-8-6-7(8)4-2;1-5-3-2-4-5;2*1-2/h6-9,11-18H,2,5,10,26H2,1,3-4H3;3-6H2,1-2H3;5H,2-4H2,1H3;2*1-2H3/b16-8+,20-14+,22-15-;;;;. The third-order valence-electron chi connectivity index (χ3n) is 7.71. The highest BCUT2D eigenvalue weighted by molar-refractivity contribution is 5.73. The van der Waals surface area contributed by atoms with Crippen molar-refractivity contribution in [2.75, 3.05) is 0 Å². The van der Waals surface area contributed by atoms with Crippen LogP contribution in [0.1, 0.15) is 132 Å². The van der Waals surface area contributed by atoms with Crippen LogP contribution in [-0.2, 0) is 6.42 Å². The van der Waals surface area contributed by atoms with Crippen LogP contribution in [0.5, 0.6) is 0 Å². The van der Waals surface area contributed by atoms with Crippen LogP contribution in [0.4, 0.5) is 0 Å². The van der Waals surface area contributed by atoms with Gasteiger partial charge in [-0.2, -0.15) is 0 Å². The highest BCUT2D eigenvalue weighted by atomic mass is 14.5. The summed E-state index contributed by atoms with van der Waals surface area (Å²) in [6.45, 7) is 25.2. The molecule has 0 unspecified atom stereocenters. The van der Waals surface area contributed by atoms with Crippen molar-refractivity contribution in [3.05, 3.63) is 113 Å². The molecule has 1 fully saturated rings. The summed E-state index contributed by atoms with van der Waals surface area (Å²) >= 11 is 0. The molecular weight excluding hydrogens is 518 g/mol. The van der Waals surface area contributed by atoms with E-state index < -0.39 is 0 Å². The van der Waals surface area contributed by atoms with E-state index >= 15 is 0 Å². The SMILES string of the molecule is C=C(C)/C(=C\C=C(/C)c1cccc(-c2cccc(C/C=C/N)c2)c1)CC.CC.CC.CC1CCC1.CCCC1=C(CC)C1. The van der Waals surface area contributed by atoms with Gasteiger partial charge >= 0.3 is 0 Å². The Morgan fingerprint density at radius 2 is 1.49 bits per heavy atom. The fourth-order valence-electron chi connectivity index (χ4n) is 4.68. The molecule has 2 aromatic rings. The van der Waals surface area contributed by atoms with Crippen LogP contribution >= 0.6 is 0 Å². The van der Waals surface area contributed by atoms with Crippen LogP contribution < -0.4 is 5.73 Å². The van der Waals surface area contributed by atoms with E-state index in [1.54, 1.807) is 17.3 Å². The minimum atomic E-state index is 0.856. The number of benzene rings is 2.